The van der Waals surface area contributed by atoms with Gasteiger partial charge in [-0.05, 0) is 71.7 Å². The van der Waals surface area contributed by atoms with Gasteiger partial charge in [-0.3, -0.25) is 9.59 Å². The fraction of sp³-hybridized carbons (Fsp3) is 0.286. The molecule has 0 radical (unpaired) electrons. The second-order valence-corrected chi connectivity index (χ2v) is 7.63. The molecule has 8 heteroatoms. The van der Waals surface area contributed by atoms with Gasteiger partial charge in [0.1, 0.15) is 5.75 Å². The van der Waals surface area contributed by atoms with Crippen LogP contribution < -0.4 is 20.4 Å². The molecule has 0 spiro atoms. The topological polar surface area (TPSA) is 83.0 Å². The number of hydrogen-bond donors (Lipinski definition) is 2. The predicted molar refractivity (Wildman–Crippen MR) is 120 cm³/mol. The minimum Gasteiger partial charge on any atom is -0.483 e. The third-order valence-electron chi connectivity index (χ3n) is 3.90. The van der Waals surface area contributed by atoms with E-state index in [9.17, 15) is 9.59 Å². The Morgan fingerprint density at radius 3 is 2.41 bits per heavy atom. The first-order chi connectivity index (χ1) is 13.7. The summed E-state index contributed by atoms with van der Waals surface area (Å²) in [5, 5.41) is 6.75. The number of anilines is 2. The SMILES string of the molecule is CC(CC(=O)Nc1ccc(N(C)C)cc1)=NNC(=O)COc1ccc(C)cc1Br. The van der Waals surface area contributed by atoms with Crippen LogP contribution in [0.2, 0.25) is 0 Å². The minimum atomic E-state index is -0.406. The normalized spacial score (nSPS) is 11.0. The predicted octanol–water partition coefficient (Wildman–Crippen LogP) is 3.72. The lowest BCUT2D eigenvalue weighted by Gasteiger charge is -2.13. The van der Waals surface area contributed by atoms with E-state index < -0.39 is 5.91 Å². The molecule has 0 unspecified atom stereocenters. The summed E-state index contributed by atoms with van der Waals surface area (Å²) in [5.74, 6) is -0.0411. The zero-order chi connectivity index (χ0) is 21.4. The Balaban J connectivity index is 1.78. The molecule has 0 aliphatic rings. The van der Waals surface area contributed by atoms with Crippen LogP contribution in [-0.4, -0.2) is 38.2 Å². The lowest BCUT2D eigenvalue weighted by Crippen LogP contribution is -2.26. The van der Waals surface area contributed by atoms with Gasteiger partial charge in [0.25, 0.3) is 5.91 Å². The first-order valence-electron chi connectivity index (χ1n) is 9.03. The summed E-state index contributed by atoms with van der Waals surface area (Å²) in [5.41, 5.74) is 5.71. The van der Waals surface area contributed by atoms with Crippen molar-refractivity contribution in [3.63, 3.8) is 0 Å². The fourth-order valence-corrected chi connectivity index (χ4v) is 2.98. The number of rotatable bonds is 8. The van der Waals surface area contributed by atoms with E-state index >= 15 is 0 Å². The molecule has 154 valence electrons. The fourth-order valence-electron chi connectivity index (χ4n) is 2.38. The average molecular weight is 461 g/mol. The van der Waals surface area contributed by atoms with E-state index in [0.717, 1.165) is 15.7 Å². The van der Waals surface area contributed by atoms with Crippen LogP contribution in [0.5, 0.6) is 5.75 Å². The van der Waals surface area contributed by atoms with Gasteiger partial charge in [-0.2, -0.15) is 5.10 Å². The lowest BCUT2D eigenvalue weighted by atomic mass is 10.2. The number of hydrogen-bond acceptors (Lipinski definition) is 5. The first-order valence-corrected chi connectivity index (χ1v) is 9.82. The van der Waals surface area contributed by atoms with Gasteiger partial charge < -0.3 is 15.0 Å². The Morgan fingerprint density at radius 2 is 1.79 bits per heavy atom. The Hall–Kier alpha value is -2.87. The van der Waals surface area contributed by atoms with Gasteiger partial charge in [-0.1, -0.05) is 6.07 Å². The third kappa shape index (κ3) is 7.57. The van der Waals surface area contributed by atoms with Gasteiger partial charge >= 0.3 is 0 Å². The van der Waals surface area contributed by atoms with Crippen molar-refractivity contribution in [2.45, 2.75) is 20.3 Å². The van der Waals surface area contributed by atoms with Gasteiger partial charge in [0.15, 0.2) is 6.61 Å². The minimum absolute atomic E-state index is 0.0695. The number of nitrogens with zero attached hydrogens (tertiary/aromatic N) is 2. The van der Waals surface area contributed by atoms with Crippen molar-refractivity contribution >= 4 is 44.8 Å². The third-order valence-corrected chi connectivity index (χ3v) is 4.52. The highest BCUT2D eigenvalue weighted by molar-refractivity contribution is 9.10. The number of ether oxygens (including phenoxy) is 1. The molecule has 2 N–H and O–H groups in total. The smallest absolute Gasteiger partial charge is 0.277 e. The van der Waals surface area contributed by atoms with Crippen molar-refractivity contribution in [1.29, 1.82) is 0 Å². The highest BCUT2D eigenvalue weighted by Gasteiger charge is 2.08. The molecule has 2 aromatic rings. The Kier molecular flexibility index (Phi) is 8.21. The van der Waals surface area contributed by atoms with E-state index in [2.05, 4.69) is 31.8 Å². The molecule has 0 atom stereocenters. The maximum Gasteiger partial charge on any atom is 0.277 e. The van der Waals surface area contributed by atoms with Crippen LogP contribution >= 0.6 is 15.9 Å². The monoisotopic (exact) mass is 460 g/mol. The number of nitrogens with one attached hydrogen (secondary N) is 2. The molecule has 0 fully saturated rings. The summed E-state index contributed by atoms with van der Waals surface area (Å²) in [6.07, 6.45) is 0.0695. The second-order valence-electron chi connectivity index (χ2n) is 6.77. The molecule has 0 bridgehead atoms. The van der Waals surface area contributed by atoms with Crippen molar-refractivity contribution in [3.8, 4) is 5.75 Å². The standard InChI is InChI=1S/C21H25BrN4O3/c1-14-5-10-19(18(22)11-14)29-13-21(28)25-24-15(2)12-20(27)23-16-6-8-17(9-7-16)26(3)4/h5-11H,12-13H2,1-4H3,(H,23,27)(H,25,28). The van der Waals surface area contributed by atoms with Crippen molar-refractivity contribution in [2.24, 2.45) is 5.10 Å². The molecule has 2 amide bonds. The molecule has 0 aliphatic heterocycles. The van der Waals surface area contributed by atoms with Crippen molar-refractivity contribution < 1.29 is 14.3 Å². The van der Waals surface area contributed by atoms with E-state index in [4.69, 9.17) is 4.74 Å². The first kappa shape index (κ1) is 22.4. The molecule has 7 nitrogen and oxygen atoms in total. The van der Waals surface area contributed by atoms with Crippen LogP contribution in [0.3, 0.4) is 0 Å². The second kappa shape index (κ2) is 10.6. The maximum absolute atomic E-state index is 12.1. The maximum atomic E-state index is 12.1. The van der Waals surface area contributed by atoms with Crippen LogP contribution in [0, 0.1) is 6.92 Å². The molecule has 0 aliphatic carbocycles. The number of halogens is 1. The number of amides is 2. The Bertz CT molecular complexity index is 895. The van der Waals surface area contributed by atoms with Crippen LogP contribution in [-0.2, 0) is 9.59 Å². The summed E-state index contributed by atoms with van der Waals surface area (Å²) in [6.45, 7) is 3.46. The highest BCUT2D eigenvalue weighted by Crippen LogP contribution is 2.25. The van der Waals surface area contributed by atoms with E-state index in [1.54, 1.807) is 13.0 Å². The summed E-state index contributed by atoms with van der Waals surface area (Å²) in [7, 11) is 3.90. The lowest BCUT2D eigenvalue weighted by molar-refractivity contribution is -0.123. The molecule has 0 aromatic heterocycles. The number of hydrazone groups is 1. The van der Waals surface area contributed by atoms with Crippen LogP contribution in [0.25, 0.3) is 0 Å². The molecular formula is C21H25BrN4O3. The summed E-state index contributed by atoms with van der Waals surface area (Å²) in [4.78, 5) is 26.0. The molecule has 0 saturated carbocycles. The van der Waals surface area contributed by atoms with Crippen molar-refractivity contribution in [3.05, 3.63) is 52.5 Å². The molecule has 2 rings (SSSR count). The van der Waals surface area contributed by atoms with Gasteiger partial charge in [0, 0.05) is 31.2 Å². The quantitative estimate of drug-likeness (QED) is 0.464. The van der Waals surface area contributed by atoms with Gasteiger partial charge in [-0.25, -0.2) is 5.43 Å². The molecule has 2 aromatic carbocycles. The zero-order valence-electron chi connectivity index (χ0n) is 17.0. The van der Waals surface area contributed by atoms with Gasteiger partial charge in [-0.15, -0.1) is 0 Å². The van der Waals surface area contributed by atoms with Gasteiger partial charge in [0.2, 0.25) is 5.91 Å². The Morgan fingerprint density at radius 1 is 1.10 bits per heavy atom. The van der Waals surface area contributed by atoms with Crippen LogP contribution in [0.15, 0.2) is 52.0 Å². The number of aryl methyl sites for hydroxylation is 1. The number of benzene rings is 2. The summed E-state index contributed by atoms with van der Waals surface area (Å²) < 4.78 is 6.24. The summed E-state index contributed by atoms with van der Waals surface area (Å²) >= 11 is 3.39. The van der Waals surface area contributed by atoms with E-state index in [1.807, 2.05) is 62.3 Å². The van der Waals surface area contributed by atoms with Crippen LogP contribution in [0.1, 0.15) is 18.9 Å². The van der Waals surface area contributed by atoms with E-state index in [-0.39, 0.29) is 18.9 Å². The molecular weight excluding hydrogens is 436 g/mol. The van der Waals surface area contributed by atoms with Crippen molar-refractivity contribution in [1.82, 2.24) is 5.43 Å². The Labute approximate surface area is 179 Å². The number of carbonyl (C=O) groups excluding carboxylic acids is 2. The summed E-state index contributed by atoms with van der Waals surface area (Å²) in [6, 6.07) is 13.1. The number of carbonyl (C=O) groups is 2. The molecule has 29 heavy (non-hydrogen) atoms. The zero-order valence-corrected chi connectivity index (χ0v) is 18.5. The molecule has 0 saturated heterocycles. The van der Waals surface area contributed by atoms with E-state index in [1.165, 1.54) is 0 Å². The average Bonchev–Trinajstić information content (AvgIpc) is 2.66. The molecule has 0 heterocycles. The largest absolute Gasteiger partial charge is 0.483 e. The van der Waals surface area contributed by atoms with Gasteiger partial charge in [0.05, 0.1) is 10.9 Å². The van der Waals surface area contributed by atoms with Crippen molar-refractivity contribution in [2.75, 3.05) is 30.9 Å². The highest BCUT2D eigenvalue weighted by atomic mass is 79.9. The van der Waals surface area contributed by atoms with E-state index in [0.29, 0.717) is 17.1 Å². The van der Waals surface area contributed by atoms with Crippen LogP contribution in [0.4, 0.5) is 11.4 Å².